The van der Waals surface area contributed by atoms with Crippen molar-refractivity contribution in [1.82, 2.24) is 0 Å². The molecule has 1 aliphatic heterocycles. The number of anilines is 2. The minimum absolute atomic E-state index is 0.613. The summed E-state index contributed by atoms with van der Waals surface area (Å²) in [7, 11) is 2.12. The van der Waals surface area contributed by atoms with Crippen molar-refractivity contribution in [1.29, 1.82) is 0 Å². The molecule has 2 nitrogen and oxygen atoms in total. The third-order valence-corrected chi connectivity index (χ3v) is 4.84. The maximum absolute atomic E-state index is 6.03. The number of nitrogens with two attached hydrogens (primary N) is 1. The van der Waals surface area contributed by atoms with E-state index in [0.717, 1.165) is 24.3 Å². The molecule has 2 N–H and O–H groups in total. The van der Waals surface area contributed by atoms with Crippen molar-refractivity contribution in [2.45, 2.75) is 16.6 Å². The normalized spacial score (nSPS) is 17.2. The average molecular weight is 270 g/mol. The van der Waals surface area contributed by atoms with E-state index in [1.165, 1.54) is 10.5 Å². The minimum Gasteiger partial charge on any atom is -0.397 e. The number of hydrogen-bond acceptors (Lipinski definition) is 3. The molecular formula is C16H18N2S. The maximum atomic E-state index is 6.03. The number of fused-ring (bicyclic) bond motifs is 1. The van der Waals surface area contributed by atoms with Crippen LogP contribution in [0.3, 0.4) is 0 Å². The Labute approximate surface area is 118 Å². The van der Waals surface area contributed by atoms with Gasteiger partial charge in [-0.2, -0.15) is 0 Å². The molecule has 0 radical (unpaired) electrons. The highest BCUT2D eigenvalue weighted by atomic mass is 32.2. The lowest BCUT2D eigenvalue weighted by atomic mass is 10.1. The molecule has 0 fully saturated rings. The first-order chi connectivity index (χ1) is 9.24. The fourth-order valence-electron chi connectivity index (χ4n) is 2.59. The zero-order valence-electron chi connectivity index (χ0n) is 11.0. The maximum Gasteiger partial charge on any atom is 0.0597 e. The van der Waals surface area contributed by atoms with E-state index in [-0.39, 0.29) is 0 Å². The summed E-state index contributed by atoms with van der Waals surface area (Å²) < 4.78 is 0. The molecule has 1 aliphatic rings. The highest BCUT2D eigenvalue weighted by molar-refractivity contribution is 8.00. The molecule has 0 bridgehead atoms. The molecular weight excluding hydrogens is 252 g/mol. The van der Waals surface area contributed by atoms with Gasteiger partial charge < -0.3 is 10.6 Å². The molecule has 19 heavy (non-hydrogen) atoms. The Bertz CT molecular complexity index is 557. The number of para-hydroxylation sites is 2. The van der Waals surface area contributed by atoms with Crippen LogP contribution >= 0.6 is 11.8 Å². The van der Waals surface area contributed by atoms with Crippen LogP contribution in [-0.2, 0) is 6.42 Å². The lowest BCUT2D eigenvalue weighted by molar-refractivity contribution is 0.815. The summed E-state index contributed by atoms with van der Waals surface area (Å²) in [4.78, 5) is 3.70. The summed E-state index contributed by atoms with van der Waals surface area (Å²) in [6.07, 6.45) is 1.15. The molecule has 1 atom stereocenters. The first-order valence-electron chi connectivity index (χ1n) is 6.54. The molecule has 98 valence electrons. The van der Waals surface area contributed by atoms with E-state index in [9.17, 15) is 0 Å². The third-order valence-electron chi connectivity index (χ3n) is 3.54. The number of nitrogen functional groups attached to an aromatic ring is 1. The van der Waals surface area contributed by atoms with Crippen molar-refractivity contribution in [2.75, 3.05) is 24.2 Å². The second kappa shape index (κ2) is 5.17. The van der Waals surface area contributed by atoms with Gasteiger partial charge in [0, 0.05) is 23.7 Å². The van der Waals surface area contributed by atoms with Gasteiger partial charge in [-0.05, 0) is 30.2 Å². The summed E-state index contributed by atoms with van der Waals surface area (Å²) in [6.45, 7) is 1.02. The second-order valence-electron chi connectivity index (χ2n) is 4.99. The van der Waals surface area contributed by atoms with Crippen LogP contribution in [0.25, 0.3) is 0 Å². The van der Waals surface area contributed by atoms with Gasteiger partial charge >= 0.3 is 0 Å². The molecule has 0 amide bonds. The Morgan fingerprint density at radius 1 is 1.16 bits per heavy atom. The molecule has 2 aromatic rings. The number of thioether (sulfide) groups is 1. The smallest absolute Gasteiger partial charge is 0.0597 e. The largest absolute Gasteiger partial charge is 0.397 e. The van der Waals surface area contributed by atoms with Gasteiger partial charge in [0.15, 0.2) is 0 Å². The Morgan fingerprint density at radius 3 is 2.68 bits per heavy atom. The Hall–Kier alpha value is -1.61. The Balaban J connectivity index is 1.69. The fraction of sp³-hybridized carbons (Fsp3) is 0.250. The highest BCUT2D eigenvalue weighted by Gasteiger charge is 2.23. The molecule has 1 heterocycles. The Kier molecular flexibility index (Phi) is 3.38. The second-order valence-corrected chi connectivity index (χ2v) is 6.33. The van der Waals surface area contributed by atoms with Gasteiger partial charge in [-0.25, -0.2) is 0 Å². The van der Waals surface area contributed by atoms with Crippen LogP contribution in [0.4, 0.5) is 11.4 Å². The van der Waals surface area contributed by atoms with E-state index in [1.54, 1.807) is 0 Å². The summed E-state index contributed by atoms with van der Waals surface area (Å²) in [5.41, 5.74) is 9.49. The van der Waals surface area contributed by atoms with E-state index in [0.29, 0.717) is 5.25 Å². The van der Waals surface area contributed by atoms with Crippen LogP contribution in [0.1, 0.15) is 5.56 Å². The van der Waals surface area contributed by atoms with E-state index < -0.39 is 0 Å². The summed E-state index contributed by atoms with van der Waals surface area (Å²) >= 11 is 1.98. The van der Waals surface area contributed by atoms with E-state index in [2.05, 4.69) is 42.3 Å². The first-order valence-corrected chi connectivity index (χ1v) is 7.42. The van der Waals surface area contributed by atoms with Crippen molar-refractivity contribution in [2.24, 2.45) is 0 Å². The predicted octanol–water partition coefficient (Wildman–Crippen LogP) is 3.42. The summed E-state index contributed by atoms with van der Waals surface area (Å²) in [5.74, 6) is 0. The monoisotopic (exact) mass is 270 g/mol. The van der Waals surface area contributed by atoms with Gasteiger partial charge in [0.1, 0.15) is 0 Å². The molecule has 3 rings (SSSR count). The summed E-state index contributed by atoms with van der Waals surface area (Å²) in [6, 6.07) is 16.8. The van der Waals surface area contributed by atoms with Crippen molar-refractivity contribution in [3.8, 4) is 0 Å². The molecule has 2 aromatic carbocycles. The van der Waals surface area contributed by atoms with Gasteiger partial charge in [-0.1, -0.05) is 30.3 Å². The molecule has 0 saturated carbocycles. The van der Waals surface area contributed by atoms with E-state index in [4.69, 9.17) is 5.73 Å². The van der Waals surface area contributed by atoms with Crippen LogP contribution < -0.4 is 10.6 Å². The topological polar surface area (TPSA) is 29.3 Å². The van der Waals surface area contributed by atoms with Crippen LogP contribution in [0.15, 0.2) is 53.4 Å². The number of hydrogen-bond donors (Lipinski definition) is 1. The van der Waals surface area contributed by atoms with Crippen molar-refractivity contribution in [3.05, 3.63) is 54.1 Å². The van der Waals surface area contributed by atoms with Gasteiger partial charge in [0.25, 0.3) is 0 Å². The van der Waals surface area contributed by atoms with Crippen molar-refractivity contribution in [3.63, 3.8) is 0 Å². The molecule has 0 spiro atoms. The highest BCUT2D eigenvalue weighted by Crippen LogP contribution is 2.37. The van der Waals surface area contributed by atoms with Gasteiger partial charge in [0.05, 0.1) is 11.4 Å². The van der Waals surface area contributed by atoms with Crippen LogP contribution in [0, 0.1) is 0 Å². The van der Waals surface area contributed by atoms with Crippen molar-refractivity contribution < 1.29 is 0 Å². The SMILES string of the molecule is CN(CC1Cc2ccccc2S1)c1ccccc1N. The zero-order chi connectivity index (χ0) is 13.2. The van der Waals surface area contributed by atoms with E-state index in [1.807, 2.05) is 30.0 Å². The molecule has 0 aromatic heterocycles. The molecule has 3 heteroatoms. The summed E-state index contributed by atoms with van der Waals surface area (Å²) in [5, 5.41) is 0.613. The van der Waals surface area contributed by atoms with E-state index >= 15 is 0 Å². The number of nitrogens with zero attached hydrogens (tertiary/aromatic N) is 1. The minimum atomic E-state index is 0.613. The number of benzene rings is 2. The van der Waals surface area contributed by atoms with Gasteiger partial charge in [0.2, 0.25) is 0 Å². The van der Waals surface area contributed by atoms with Gasteiger partial charge in [-0.15, -0.1) is 11.8 Å². The number of rotatable bonds is 3. The third kappa shape index (κ3) is 2.56. The lowest BCUT2D eigenvalue weighted by Crippen LogP contribution is -2.27. The van der Waals surface area contributed by atoms with Crippen LogP contribution in [0.2, 0.25) is 0 Å². The van der Waals surface area contributed by atoms with Gasteiger partial charge in [-0.3, -0.25) is 0 Å². The fourth-order valence-corrected chi connectivity index (χ4v) is 3.97. The van der Waals surface area contributed by atoms with Crippen LogP contribution in [0.5, 0.6) is 0 Å². The first kappa shape index (κ1) is 12.4. The quantitative estimate of drug-likeness (QED) is 0.867. The standard InChI is InChI=1S/C16H18N2S/c1-18(15-8-4-3-7-14(15)17)11-13-10-12-6-2-5-9-16(12)19-13/h2-9,13H,10-11,17H2,1H3. The predicted molar refractivity (Wildman–Crippen MR) is 83.9 cm³/mol. The Morgan fingerprint density at radius 2 is 1.89 bits per heavy atom. The molecule has 0 aliphatic carbocycles. The van der Waals surface area contributed by atoms with Crippen LogP contribution in [-0.4, -0.2) is 18.8 Å². The lowest BCUT2D eigenvalue weighted by Gasteiger charge is -2.24. The molecule has 0 saturated heterocycles. The average Bonchev–Trinajstić information content (AvgIpc) is 2.81. The zero-order valence-corrected chi connectivity index (χ0v) is 11.9. The molecule has 1 unspecified atom stereocenters. The van der Waals surface area contributed by atoms with Crippen molar-refractivity contribution >= 4 is 23.1 Å².